The summed E-state index contributed by atoms with van der Waals surface area (Å²) in [4.78, 5) is 27.1. The molecular formula is C19H26FN5O3. The van der Waals surface area contributed by atoms with Gasteiger partial charge in [0.05, 0.1) is 16.8 Å². The number of alkyl halides is 1. The fourth-order valence-corrected chi connectivity index (χ4v) is 4.27. The van der Waals surface area contributed by atoms with Crippen LogP contribution < -0.4 is 27.7 Å². The lowest BCUT2D eigenvalue weighted by Crippen LogP contribution is -2.50. The number of benzene rings is 1. The largest absolute Gasteiger partial charge is 0.368 e. The van der Waals surface area contributed by atoms with Crippen molar-refractivity contribution in [3.63, 3.8) is 0 Å². The first-order chi connectivity index (χ1) is 13.2. The van der Waals surface area contributed by atoms with E-state index in [1.54, 1.807) is 23.6 Å². The molecule has 2 fully saturated rings. The first kappa shape index (κ1) is 18.9. The number of nitrogens with zero attached hydrogens (tertiary/aromatic N) is 3. The lowest BCUT2D eigenvalue weighted by molar-refractivity contribution is -0.0500. The molecule has 4 N–H and O–H groups in total. The molecule has 0 amide bonds. The molecule has 0 spiro atoms. The van der Waals surface area contributed by atoms with Gasteiger partial charge < -0.3 is 21.2 Å². The van der Waals surface area contributed by atoms with Crippen molar-refractivity contribution >= 4 is 16.6 Å². The number of halogens is 1. The summed E-state index contributed by atoms with van der Waals surface area (Å²) in [6.45, 7) is 4.09. The Balaban J connectivity index is 1.86. The molecule has 1 aromatic carbocycles. The van der Waals surface area contributed by atoms with E-state index in [1.165, 1.54) is 7.11 Å². The predicted molar refractivity (Wildman–Crippen MR) is 106 cm³/mol. The quantitative estimate of drug-likeness (QED) is 0.584. The maximum absolute atomic E-state index is 14.7. The minimum atomic E-state index is -1.15. The van der Waals surface area contributed by atoms with E-state index in [0.29, 0.717) is 22.1 Å². The minimum Gasteiger partial charge on any atom is -0.368 e. The van der Waals surface area contributed by atoms with Gasteiger partial charge in [-0.2, -0.15) is 4.68 Å². The number of anilines is 1. The van der Waals surface area contributed by atoms with Gasteiger partial charge in [-0.25, -0.2) is 9.18 Å². The molecule has 0 unspecified atom stereocenters. The van der Waals surface area contributed by atoms with Crippen molar-refractivity contribution < 1.29 is 9.13 Å². The highest BCUT2D eigenvalue weighted by molar-refractivity contribution is 5.87. The smallest absolute Gasteiger partial charge is 0.350 e. The molecule has 0 bridgehead atoms. The molecule has 2 heterocycles. The van der Waals surface area contributed by atoms with E-state index in [9.17, 15) is 14.0 Å². The molecule has 0 radical (unpaired) electrons. The zero-order chi connectivity index (χ0) is 20.4. The number of rotatable bonds is 4. The monoisotopic (exact) mass is 391 g/mol. The van der Waals surface area contributed by atoms with Gasteiger partial charge in [0.25, 0.3) is 5.56 Å². The molecule has 9 heteroatoms. The number of hydrogen-bond acceptors (Lipinski definition) is 6. The van der Waals surface area contributed by atoms with E-state index >= 15 is 0 Å². The number of aryl methyl sites for hydroxylation is 1. The third-order valence-electron chi connectivity index (χ3n) is 6.18. The zero-order valence-corrected chi connectivity index (χ0v) is 16.3. The molecule has 2 aliphatic rings. The van der Waals surface area contributed by atoms with Crippen LogP contribution >= 0.6 is 0 Å². The van der Waals surface area contributed by atoms with Crippen molar-refractivity contribution in [2.24, 2.45) is 11.7 Å². The number of aromatic nitrogens is 2. The maximum Gasteiger partial charge on any atom is 0.350 e. The van der Waals surface area contributed by atoms with Crippen LogP contribution in [0.5, 0.6) is 0 Å². The Morgan fingerprint density at radius 2 is 1.93 bits per heavy atom. The van der Waals surface area contributed by atoms with Crippen LogP contribution in [0.4, 0.5) is 10.1 Å². The highest BCUT2D eigenvalue weighted by Gasteiger charge is 2.44. The summed E-state index contributed by atoms with van der Waals surface area (Å²) in [5.41, 5.74) is 6.13. The Bertz CT molecular complexity index is 1060. The molecule has 8 nitrogen and oxygen atoms in total. The van der Waals surface area contributed by atoms with Gasteiger partial charge in [0.1, 0.15) is 11.9 Å². The van der Waals surface area contributed by atoms with Gasteiger partial charge >= 0.3 is 5.69 Å². The first-order valence-electron chi connectivity index (χ1n) is 9.46. The molecule has 1 aliphatic carbocycles. The second kappa shape index (κ2) is 6.31. The van der Waals surface area contributed by atoms with Crippen molar-refractivity contribution in [3.8, 4) is 0 Å². The molecule has 152 valence electrons. The second-order valence-corrected chi connectivity index (χ2v) is 8.08. The second-order valence-electron chi connectivity index (χ2n) is 8.08. The molecule has 1 aliphatic heterocycles. The molecule has 2 aromatic rings. The summed E-state index contributed by atoms with van der Waals surface area (Å²) in [7, 11) is 1.48. The Hall–Kier alpha value is -2.39. The van der Waals surface area contributed by atoms with Crippen LogP contribution in [0.1, 0.15) is 31.4 Å². The SMILES string of the molecule is CO[C@@](C)(N)[C@H]1CN(c2ccc3c(=O)n(N)c(=O)n(C4CC4)c3c2C)C[C@H]1F. The fourth-order valence-electron chi connectivity index (χ4n) is 4.27. The van der Waals surface area contributed by atoms with Crippen molar-refractivity contribution in [2.75, 3.05) is 30.9 Å². The summed E-state index contributed by atoms with van der Waals surface area (Å²) in [6.07, 6.45) is 0.594. The molecule has 28 heavy (non-hydrogen) atoms. The average Bonchev–Trinajstić information content (AvgIpc) is 3.41. The van der Waals surface area contributed by atoms with Crippen LogP contribution in [0.25, 0.3) is 10.9 Å². The third-order valence-corrected chi connectivity index (χ3v) is 6.18. The third kappa shape index (κ3) is 2.72. The Morgan fingerprint density at radius 3 is 2.54 bits per heavy atom. The molecule has 1 saturated heterocycles. The summed E-state index contributed by atoms with van der Waals surface area (Å²) in [5, 5.41) is 0.392. The molecule has 3 atom stereocenters. The molecular weight excluding hydrogens is 365 g/mol. The van der Waals surface area contributed by atoms with E-state index in [4.69, 9.17) is 16.3 Å². The van der Waals surface area contributed by atoms with Crippen molar-refractivity contribution in [1.29, 1.82) is 0 Å². The van der Waals surface area contributed by atoms with Crippen LogP contribution in [-0.2, 0) is 4.74 Å². The summed E-state index contributed by atoms with van der Waals surface area (Å²) in [6, 6.07) is 3.50. The van der Waals surface area contributed by atoms with Gasteiger partial charge in [-0.05, 0) is 44.4 Å². The van der Waals surface area contributed by atoms with Gasteiger partial charge in [0.2, 0.25) is 0 Å². The number of methoxy groups -OCH3 is 1. The number of nitrogens with two attached hydrogens (primary N) is 2. The van der Waals surface area contributed by atoms with Crippen LogP contribution in [0, 0.1) is 12.8 Å². The normalized spacial score (nSPS) is 24.7. The van der Waals surface area contributed by atoms with Gasteiger partial charge in [0.15, 0.2) is 0 Å². The minimum absolute atomic E-state index is 0.0421. The molecule has 1 aromatic heterocycles. The highest BCUT2D eigenvalue weighted by atomic mass is 19.1. The van der Waals surface area contributed by atoms with E-state index in [0.717, 1.165) is 24.1 Å². The van der Waals surface area contributed by atoms with E-state index in [2.05, 4.69) is 0 Å². The Morgan fingerprint density at radius 1 is 1.25 bits per heavy atom. The number of fused-ring (bicyclic) bond motifs is 1. The standard InChI is InChI=1S/C19H26FN5O3/c1-10-15(23-8-13(14(20)9-23)19(2,21)28-3)7-6-12-16(10)24(11-4-5-11)18(27)25(22)17(12)26/h6-7,11,13-14H,4-5,8-9,21-22H2,1-3H3/t13-,14+,19+/m0/s1. The van der Waals surface area contributed by atoms with Gasteiger partial charge in [-0.3, -0.25) is 9.36 Å². The van der Waals surface area contributed by atoms with E-state index < -0.39 is 29.1 Å². The zero-order valence-electron chi connectivity index (χ0n) is 16.3. The van der Waals surface area contributed by atoms with Crippen molar-refractivity contribution in [2.45, 2.75) is 44.6 Å². The Labute approximate surface area is 161 Å². The fraction of sp³-hybridized carbons (Fsp3) is 0.579. The average molecular weight is 391 g/mol. The van der Waals surface area contributed by atoms with Crippen LogP contribution in [0.2, 0.25) is 0 Å². The lowest BCUT2D eigenvalue weighted by atomic mass is 9.95. The summed E-state index contributed by atoms with van der Waals surface area (Å²) in [5.74, 6) is 5.22. The van der Waals surface area contributed by atoms with E-state index in [-0.39, 0.29) is 12.6 Å². The van der Waals surface area contributed by atoms with Gasteiger partial charge in [0, 0.05) is 31.9 Å². The summed E-state index contributed by atoms with van der Waals surface area (Å²) < 4.78 is 22.3. The van der Waals surface area contributed by atoms with E-state index in [1.807, 2.05) is 11.8 Å². The summed E-state index contributed by atoms with van der Waals surface area (Å²) >= 11 is 0. The van der Waals surface area contributed by atoms with Gasteiger partial charge in [-0.1, -0.05) is 0 Å². The number of ether oxygens (including phenoxy) is 1. The highest BCUT2D eigenvalue weighted by Crippen LogP contribution is 2.39. The first-order valence-corrected chi connectivity index (χ1v) is 9.46. The predicted octanol–water partition coefficient (Wildman–Crippen LogP) is 0.616. The molecule has 1 saturated carbocycles. The van der Waals surface area contributed by atoms with Crippen LogP contribution in [-0.4, -0.2) is 41.3 Å². The van der Waals surface area contributed by atoms with Crippen molar-refractivity contribution in [1.82, 2.24) is 9.24 Å². The number of nitrogen functional groups attached to an aromatic ring is 1. The molecule has 4 rings (SSSR count). The van der Waals surface area contributed by atoms with Crippen LogP contribution in [0.3, 0.4) is 0 Å². The Kier molecular flexibility index (Phi) is 4.27. The maximum atomic E-state index is 14.7. The van der Waals surface area contributed by atoms with Gasteiger partial charge in [-0.15, -0.1) is 0 Å². The topological polar surface area (TPSA) is 109 Å². The van der Waals surface area contributed by atoms with Crippen molar-refractivity contribution in [3.05, 3.63) is 38.5 Å². The lowest BCUT2D eigenvalue weighted by Gasteiger charge is -2.31. The van der Waals surface area contributed by atoms with Crippen LogP contribution in [0.15, 0.2) is 21.7 Å². The number of hydrogen-bond donors (Lipinski definition) is 2.